The number of ether oxygens (including phenoxy) is 1. The van der Waals surface area contributed by atoms with Gasteiger partial charge in [-0.05, 0) is 24.3 Å². The van der Waals surface area contributed by atoms with Crippen LogP contribution in [-0.4, -0.2) is 16.7 Å². The molecule has 0 unspecified atom stereocenters. The van der Waals surface area contributed by atoms with Crippen molar-refractivity contribution < 1.29 is 4.74 Å². The molecule has 0 saturated carbocycles. The largest absolute Gasteiger partial charge is 0.497 e. The third-order valence-corrected chi connectivity index (χ3v) is 2.30. The van der Waals surface area contributed by atoms with Gasteiger partial charge in [0.2, 0.25) is 0 Å². The molecule has 16 heavy (non-hydrogen) atoms. The van der Waals surface area contributed by atoms with Crippen LogP contribution >= 0.6 is 0 Å². The Kier molecular flexibility index (Phi) is 2.88. The number of nitriles is 1. The molecule has 2 rings (SSSR count). The second-order valence-electron chi connectivity index (χ2n) is 3.27. The molecule has 0 fully saturated rings. The van der Waals surface area contributed by atoms with Crippen LogP contribution in [0, 0.1) is 11.3 Å². The second kappa shape index (κ2) is 4.49. The highest BCUT2D eigenvalue weighted by Crippen LogP contribution is 2.20. The van der Waals surface area contributed by atoms with Crippen molar-refractivity contribution >= 4 is 0 Å². The zero-order valence-corrected chi connectivity index (χ0v) is 8.92. The van der Waals surface area contributed by atoms with E-state index in [2.05, 4.69) is 11.1 Å². The molecule has 0 aliphatic heterocycles. The molecular formula is C12H11N3O. The van der Waals surface area contributed by atoms with Crippen LogP contribution in [0.15, 0.2) is 36.7 Å². The molecule has 80 valence electrons. The van der Waals surface area contributed by atoms with Gasteiger partial charge in [-0.15, -0.1) is 0 Å². The maximum absolute atomic E-state index is 8.67. The third kappa shape index (κ3) is 1.89. The molecule has 0 amide bonds. The smallest absolute Gasteiger partial charge is 0.140 e. The van der Waals surface area contributed by atoms with Crippen LogP contribution < -0.4 is 4.74 Å². The van der Waals surface area contributed by atoms with Crippen LogP contribution in [0.5, 0.6) is 5.75 Å². The quantitative estimate of drug-likeness (QED) is 0.784. The van der Waals surface area contributed by atoms with Crippen molar-refractivity contribution in [1.82, 2.24) is 9.55 Å². The Labute approximate surface area is 93.7 Å². The van der Waals surface area contributed by atoms with E-state index in [9.17, 15) is 0 Å². The topological polar surface area (TPSA) is 50.8 Å². The van der Waals surface area contributed by atoms with E-state index in [1.807, 2.05) is 28.8 Å². The summed E-state index contributed by atoms with van der Waals surface area (Å²) in [4.78, 5) is 4.23. The first kappa shape index (κ1) is 10.2. The third-order valence-electron chi connectivity index (χ3n) is 2.30. The van der Waals surface area contributed by atoms with Crippen LogP contribution in [-0.2, 0) is 6.54 Å². The van der Waals surface area contributed by atoms with Crippen molar-refractivity contribution in [1.29, 1.82) is 5.26 Å². The van der Waals surface area contributed by atoms with Crippen molar-refractivity contribution in [2.75, 3.05) is 7.11 Å². The number of hydrogen-bond acceptors (Lipinski definition) is 3. The number of nitrogens with zero attached hydrogens (tertiary/aromatic N) is 3. The molecule has 0 aliphatic carbocycles. The molecule has 0 saturated heterocycles. The van der Waals surface area contributed by atoms with Gasteiger partial charge in [-0.2, -0.15) is 5.26 Å². The fraction of sp³-hybridized carbons (Fsp3) is 0.167. The summed E-state index contributed by atoms with van der Waals surface area (Å²) in [5, 5.41) is 8.67. The van der Waals surface area contributed by atoms with Gasteiger partial charge in [0.05, 0.1) is 13.2 Å². The summed E-state index contributed by atoms with van der Waals surface area (Å²) < 4.78 is 6.89. The van der Waals surface area contributed by atoms with Gasteiger partial charge in [-0.3, -0.25) is 0 Å². The van der Waals surface area contributed by atoms with Crippen molar-refractivity contribution in [2.24, 2.45) is 0 Å². The van der Waals surface area contributed by atoms with Gasteiger partial charge in [-0.1, -0.05) is 0 Å². The van der Waals surface area contributed by atoms with E-state index in [1.54, 1.807) is 19.5 Å². The second-order valence-corrected chi connectivity index (χ2v) is 3.27. The average molecular weight is 213 g/mol. The van der Waals surface area contributed by atoms with Crippen molar-refractivity contribution in [3.8, 4) is 23.2 Å². The number of aromatic nitrogens is 2. The summed E-state index contributed by atoms with van der Waals surface area (Å²) in [5.41, 5.74) is 0.973. The Balaban J connectivity index is 2.35. The number of rotatable bonds is 3. The molecule has 0 aliphatic rings. The number of benzene rings is 1. The Hall–Kier alpha value is -2.28. The molecular weight excluding hydrogens is 202 g/mol. The van der Waals surface area contributed by atoms with Gasteiger partial charge in [0.15, 0.2) is 0 Å². The maximum Gasteiger partial charge on any atom is 0.140 e. The summed E-state index contributed by atoms with van der Waals surface area (Å²) in [6.07, 6.45) is 3.49. The Morgan fingerprint density at radius 2 is 2.12 bits per heavy atom. The van der Waals surface area contributed by atoms with Gasteiger partial charge >= 0.3 is 0 Å². The van der Waals surface area contributed by atoms with Crippen molar-refractivity contribution in [3.05, 3.63) is 36.7 Å². The highest BCUT2D eigenvalue weighted by molar-refractivity contribution is 5.56. The molecule has 1 heterocycles. The van der Waals surface area contributed by atoms with Crippen LogP contribution in [0.25, 0.3) is 11.4 Å². The summed E-state index contributed by atoms with van der Waals surface area (Å²) >= 11 is 0. The first-order valence-electron chi connectivity index (χ1n) is 4.87. The lowest BCUT2D eigenvalue weighted by molar-refractivity contribution is 0.415. The van der Waals surface area contributed by atoms with Gasteiger partial charge in [0, 0.05) is 18.0 Å². The van der Waals surface area contributed by atoms with Gasteiger partial charge < -0.3 is 9.30 Å². The molecule has 4 heteroatoms. The zero-order chi connectivity index (χ0) is 11.4. The minimum absolute atomic E-state index is 0.307. The Morgan fingerprint density at radius 3 is 2.75 bits per heavy atom. The Bertz CT molecular complexity index is 508. The van der Waals surface area contributed by atoms with E-state index in [1.165, 1.54) is 0 Å². The minimum atomic E-state index is 0.307. The van der Waals surface area contributed by atoms with Crippen LogP contribution in [0.4, 0.5) is 0 Å². The van der Waals surface area contributed by atoms with E-state index in [4.69, 9.17) is 10.00 Å². The van der Waals surface area contributed by atoms with Crippen LogP contribution in [0.1, 0.15) is 0 Å². The number of hydrogen-bond donors (Lipinski definition) is 0. The summed E-state index contributed by atoms with van der Waals surface area (Å²) in [6.45, 7) is 0.307. The SMILES string of the molecule is COc1ccc(-c2nccn2CC#N)cc1. The molecule has 0 radical (unpaired) electrons. The van der Waals surface area contributed by atoms with Gasteiger partial charge in [-0.25, -0.2) is 4.98 Å². The fourth-order valence-corrected chi connectivity index (χ4v) is 1.51. The van der Waals surface area contributed by atoms with Crippen molar-refractivity contribution in [2.45, 2.75) is 6.54 Å². The van der Waals surface area contributed by atoms with E-state index < -0.39 is 0 Å². The maximum atomic E-state index is 8.67. The first-order valence-corrected chi connectivity index (χ1v) is 4.87. The molecule has 0 spiro atoms. The lowest BCUT2D eigenvalue weighted by Crippen LogP contribution is -1.97. The predicted octanol–water partition coefficient (Wildman–Crippen LogP) is 2.08. The number of methoxy groups -OCH3 is 1. The normalized spacial score (nSPS) is 9.75. The highest BCUT2D eigenvalue weighted by atomic mass is 16.5. The summed E-state index contributed by atoms with van der Waals surface area (Å²) in [6, 6.07) is 9.70. The lowest BCUT2D eigenvalue weighted by Gasteiger charge is -2.04. The standard InChI is InChI=1S/C12H11N3O/c1-16-11-4-2-10(3-5-11)12-14-7-9-15(12)8-6-13/h2-5,7,9H,8H2,1H3. The van der Waals surface area contributed by atoms with E-state index in [0.29, 0.717) is 6.54 Å². The lowest BCUT2D eigenvalue weighted by atomic mass is 10.2. The molecule has 2 aromatic rings. The summed E-state index contributed by atoms with van der Waals surface area (Å²) in [5.74, 6) is 1.60. The van der Waals surface area contributed by atoms with E-state index in [-0.39, 0.29) is 0 Å². The summed E-state index contributed by atoms with van der Waals surface area (Å²) in [7, 11) is 1.63. The van der Waals surface area contributed by atoms with E-state index in [0.717, 1.165) is 17.1 Å². The van der Waals surface area contributed by atoms with Gasteiger partial charge in [0.1, 0.15) is 18.1 Å². The monoisotopic (exact) mass is 213 g/mol. The number of imidazole rings is 1. The molecule has 0 N–H and O–H groups in total. The molecule has 1 aromatic carbocycles. The van der Waals surface area contributed by atoms with Crippen molar-refractivity contribution in [3.63, 3.8) is 0 Å². The highest BCUT2D eigenvalue weighted by Gasteiger charge is 2.05. The predicted molar refractivity (Wildman–Crippen MR) is 59.8 cm³/mol. The van der Waals surface area contributed by atoms with Crippen LogP contribution in [0.2, 0.25) is 0 Å². The Morgan fingerprint density at radius 1 is 1.38 bits per heavy atom. The van der Waals surface area contributed by atoms with Crippen LogP contribution in [0.3, 0.4) is 0 Å². The zero-order valence-electron chi connectivity index (χ0n) is 8.92. The van der Waals surface area contributed by atoms with Gasteiger partial charge in [0.25, 0.3) is 0 Å². The molecule has 0 atom stereocenters. The molecule has 1 aromatic heterocycles. The first-order chi connectivity index (χ1) is 7.85. The molecule has 4 nitrogen and oxygen atoms in total. The molecule has 0 bridgehead atoms. The fourth-order valence-electron chi connectivity index (χ4n) is 1.51. The average Bonchev–Trinajstić information content (AvgIpc) is 2.78. The minimum Gasteiger partial charge on any atom is -0.497 e. The van der Waals surface area contributed by atoms with E-state index >= 15 is 0 Å².